The fourth-order valence-electron chi connectivity index (χ4n) is 2.13. The standard InChI is InChI=1S/C15H18O5/c16-12-19-15(10-14(17)20-15)8-4-5-9-18-11-13-6-2-1-3-7-13/h1-3,6-7,12H,4-5,8-11H2/t15-/m1/s1. The summed E-state index contributed by atoms with van der Waals surface area (Å²) < 4.78 is 15.3. The van der Waals surface area contributed by atoms with Gasteiger partial charge in [0.05, 0.1) is 6.61 Å². The van der Waals surface area contributed by atoms with E-state index in [4.69, 9.17) is 14.2 Å². The van der Waals surface area contributed by atoms with Crippen molar-refractivity contribution in [2.75, 3.05) is 6.61 Å². The lowest BCUT2D eigenvalue weighted by Gasteiger charge is -2.37. The zero-order valence-electron chi connectivity index (χ0n) is 11.2. The molecular weight excluding hydrogens is 260 g/mol. The molecule has 0 spiro atoms. The van der Waals surface area contributed by atoms with Gasteiger partial charge in [-0.15, -0.1) is 0 Å². The van der Waals surface area contributed by atoms with Gasteiger partial charge in [0.1, 0.15) is 6.42 Å². The van der Waals surface area contributed by atoms with Crippen molar-refractivity contribution in [2.24, 2.45) is 0 Å². The number of unbranched alkanes of at least 4 members (excludes halogenated alkanes) is 1. The molecule has 1 aliphatic rings. The van der Waals surface area contributed by atoms with Crippen LogP contribution >= 0.6 is 0 Å². The summed E-state index contributed by atoms with van der Waals surface area (Å²) in [6.07, 6.45) is 2.27. The molecule has 5 heteroatoms. The van der Waals surface area contributed by atoms with Gasteiger partial charge in [-0.3, -0.25) is 9.59 Å². The fourth-order valence-corrected chi connectivity index (χ4v) is 2.13. The minimum atomic E-state index is -1.02. The van der Waals surface area contributed by atoms with Crippen molar-refractivity contribution in [2.45, 2.75) is 38.1 Å². The lowest BCUT2D eigenvalue weighted by atomic mass is 10.0. The second-order valence-electron chi connectivity index (χ2n) is 4.77. The first-order chi connectivity index (χ1) is 9.74. The predicted octanol–water partition coefficient (Wildman–Crippen LogP) is 2.19. The Labute approximate surface area is 117 Å². The molecule has 1 aromatic rings. The van der Waals surface area contributed by atoms with Gasteiger partial charge in [0.15, 0.2) is 0 Å². The number of benzene rings is 1. The Morgan fingerprint density at radius 2 is 2.00 bits per heavy atom. The third kappa shape index (κ3) is 4.06. The molecule has 108 valence electrons. The van der Waals surface area contributed by atoms with Crippen molar-refractivity contribution >= 4 is 12.4 Å². The Balaban J connectivity index is 1.57. The largest absolute Gasteiger partial charge is 0.424 e. The fraction of sp³-hybridized carbons (Fsp3) is 0.467. The van der Waals surface area contributed by atoms with Gasteiger partial charge in [-0.1, -0.05) is 30.3 Å². The van der Waals surface area contributed by atoms with E-state index in [2.05, 4.69) is 0 Å². The zero-order chi connectivity index (χ0) is 14.3. The zero-order valence-corrected chi connectivity index (χ0v) is 11.2. The molecule has 1 atom stereocenters. The first-order valence-electron chi connectivity index (χ1n) is 6.69. The van der Waals surface area contributed by atoms with E-state index in [0.29, 0.717) is 26.1 Å². The molecule has 1 heterocycles. The molecule has 1 aromatic carbocycles. The molecule has 1 fully saturated rings. The maximum Gasteiger partial charge on any atom is 0.317 e. The molecule has 1 aliphatic heterocycles. The summed E-state index contributed by atoms with van der Waals surface area (Å²) in [6.45, 7) is 1.55. The topological polar surface area (TPSA) is 61.8 Å². The Kier molecular flexibility index (Phi) is 5.12. The van der Waals surface area contributed by atoms with Gasteiger partial charge in [-0.25, -0.2) is 0 Å². The molecule has 2 rings (SSSR count). The summed E-state index contributed by atoms with van der Waals surface area (Å²) in [7, 11) is 0. The van der Waals surface area contributed by atoms with Crippen molar-refractivity contribution in [1.82, 2.24) is 0 Å². The number of carbonyl (C=O) groups is 2. The average Bonchev–Trinajstić information content (AvgIpc) is 2.42. The molecule has 0 N–H and O–H groups in total. The summed E-state index contributed by atoms with van der Waals surface area (Å²) >= 11 is 0. The molecule has 0 unspecified atom stereocenters. The molecule has 0 aromatic heterocycles. The molecule has 0 bridgehead atoms. The van der Waals surface area contributed by atoms with Gasteiger partial charge >= 0.3 is 5.97 Å². The van der Waals surface area contributed by atoms with Crippen molar-refractivity contribution < 1.29 is 23.8 Å². The van der Waals surface area contributed by atoms with E-state index in [1.54, 1.807) is 0 Å². The van der Waals surface area contributed by atoms with Gasteiger partial charge in [0, 0.05) is 13.0 Å². The highest BCUT2D eigenvalue weighted by atomic mass is 16.7. The van der Waals surface area contributed by atoms with E-state index in [1.165, 1.54) is 0 Å². The lowest BCUT2D eigenvalue weighted by molar-refractivity contribution is -0.265. The summed E-state index contributed by atoms with van der Waals surface area (Å²) in [5, 5.41) is 0. The van der Waals surface area contributed by atoms with Gasteiger partial charge in [0.25, 0.3) is 12.3 Å². The molecule has 0 radical (unpaired) electrons. The smallest absolute Gasteiger partial charge is 0.317 e. The maximum absolute atomic E-state index is 10.8. The number of hydrogen-bond acceptors (Lipinski definition) is 5. The number of hydrogen-bond donors (Lipinski definition) is 0. The normalized spacial score (nSPS) is 20.9. The van der Waals surface area contributed by atoms with Crippen molar-refractivity contribution in [3.05, 3.63) is 35.9 Å². The molecule has 0 saturated carbocycles. The van der Waals surface area contributed by atoms with Crippen LogP contribution in [0.5, 0.6) is 0 Å². The highest BCUT2D eigenvalue weighted by Crippen LogP contribution is 2.33. The third-order valence-corrected chi connectivity index (χ3v) is 3.18. The quantitative estimate of drug-likeness (QED) is 0.393. The SMILES string of the molecule is O=CO[C@@]1(CCCCOCc2ccccc2)CC(=O)O1. The van der Waals surface area contributed by atoms with E-state index >= 15 is 0 Å². The minimum absolute atomic E-state index is 0.149. The number of carbonyl (C=O) groups excluding carboxylic acids is 2. The molecule has 20 heavy (non-hydrogen) atoms. The van der Waals surface area contributed by atoms with Crippen LogP contribution in [-0.4, -0.2) is 24.8 Å². The van der Waals surface area contributed by atoms with E-state index in [0.717, 1.165) is 18.4 Å². The first kappa shape index (κ1) is 14.5. The van der Waals surface area contributed by atoms with E-state index in [9.17, 15) is 9.59 Å². The highest BCUT2D eigenvalue weighted by molar-refractivity contribution is 5.76. The van der Waals surface area contributed by atoms with E-state index in [-0.39, 0.29) is 12.4 Å². The summed E-state index contributed by atoms with van der Waals surface area (Å²) in [5.41, 5.74) is 1.14. The van der Waals surface area contributed by atoms with Crippen molar-refractivity contribution in [3.8, 4) is 0 Å². The lowest BCUT2D eigenvalue weighted by Crippen LogP contribution is -2.49. The molecule has 5 nitrogen and oxygen atoms in total. The number of rotatable bonds is 9. The number of esters is 1. The Bertz CT molecular complexity index is 429. The third-order valence-electron chi connectivity index (χ3n) is 3.18. The van der Waals surface area contributed by atoms with Gasteiger partial charge in [-0.05, 0) is 18.4 Å². The van der Waals surface area contributed by atoms with E-state index < -0.39 is 5.79 Å². The molecular formula is C15H18O5. The number of cyclic esters (lactones) is 1. The Morgan fingerprint density at radius 3 is 2.65 bits per heavy atom. The van der Waals surface area contributed by atoms with Crippen LogP contribution < -0.4 is 0 Å². The van der Waals surface area contributed by atoms with Crippen LogP contribution in [-0.2, 0) is 30.4 Å². The first-order valence-corrected chi connectivity index (χ1v) is 6.69. The van der Waals surface area contributed by atoms with Gasteiger partial charge in [-0.2, -0.15) is 0 Å². The van der Waals surface area contributed by atoms with Crippen LogP contribution in [0.4, 0.5) is 0 Å². The van der Waals surface area contributed by atoms with Gasteiger partial charge < -0.3 is 14.2 Å². The van der Waals surface area contributed by atoms with Crippen molar-refractivity contribution in [3.63, 3.8) is 0 Å². The number of ether oxygens (including phenoxy) is 3. The van der Waals surface area contributed by atoms with Crippen LogP contribution in [0.1, 0.15) is 31.2 Å². The Morgan fingerprint density at radius 1 is 1.25 bits per heavy atom. The van der Waals surface area contributed by atoms with Crippen LogP contribution in [0.2, 0.25) is 0 Å². The highest BCUT2D eigenvalue weighted by Gasteiger charge is 2.47. The predicted molar refractivity (Wildman–Crippen MR) is 70.5 cm³/mol. The van der Waals surface area contributed by atoms with Crippen LogP contribution in [0, 0.1) is 0 Å². The monoisotopic (exact) mass is 278 g/mol. The second-order valence-corrected chi connectivity index (χ2v) is 4.77. The van der Waals surface area contributed by atoms with E-state index in [1.807, 2.05) is 30.3 Å². The molecule has 1 saturated heterocycles. The Hall–Kier alpha value is -1.88. The van der Waals surface area contributed by atoms with Crippen LogP contribution in [0.25, 0.3) is 0 Å². The van der Waals surface area contributed by atoms with Crippen LogP contribution in [0.3, 0.4) is 0 Å². The van der Waals surface area contributed by atoms with Gasteiger partial charge in [0.2, 0.25) is 0 Å². The molecule has 0 amide bonds. The summed E-state index contributed by atoms with van der Waals surface area (Å²) in [6, 6.07) is 9.95. The minimum Gasteiger partial charge on any atom is -0.424 e. The molecule has 0 aliphatic carbocycles. The average molecular weight is 278 g/mol. The summed E-state index contributed by atoms with van der Waals surface area (Å²) in [5.74, 6) is -1.34. The summed E-state index contributed by atoms with van der Waals surface area (Å²) in [4.78, 5) is 21.2. The second kappa shape index (κ2) is 7.05. The van der Waals surface area contributed by atoms with Crippen LogP contribution in [0.15, 0.2) is 30.3 Å². The maximum atomic E-state index is 10.8. The van der Waals surface area contributed by atoms with Crippen molar-refractivity contribution in [1.29, 1.82) is 0 Å².